The smallest absolute Gasteiger partial charge is 0.300 e. The molecule has 0 aliphatic carbocycles. The molecule has 6 nitrogen and oxygen atoms in total. The van der Waals surface area contributed by atoms with Crippen LogP contribution in [0.4, 0.5) is 5.69 Å². The Hall–Kier alpha value is -3.48. The van der Waals surface area contributed by atoms with Crippen LogP contribution in [0.3, 0.4) is 0 Å². The molecule has 1 N–H and O–H groups in total. The third kappa shape index (κ3) is 5.11. The first-order chi connectivity index (χ1) is 18.4. The zero-order valence-corrected chi connectivity index (χ0v) is 24.3. The van der Waals surface area contributed by atoms with Gasteiger partial charge < -0.3 is 14.6 Å². The van der Waals surface area contributed by atoms with Gasteiger partial charge in [-0.1, -0.05) is 87.3 Å². The predicted molar refractivity (Wildman–Crippen MR) is 155 cm³/mol. The van der Waals surface area contributed by atoms with Gasteiger partial charge in [-0.3, -0.25) is 14.5 Å². The van der Waals surface area contributed by atoms with Crippen LogP contribution in [-0.4, -0.2) is 31.0 Å². The Labute approximate surface area is 238 Å². The molecule has 3 aromatic rings. The van der Waals surface area contributed by atoms with E-state index in [0.717, 1.165) is 17.5 Å². The maximum atomic E-state index is 13.6. The van der Waals surface area contributed by atoms with E-state index in [1.165, 1.54) is 25.2 Å². The lowest BCUT2D eigenvalue weighted by Crippen LogP contribution is -2.29. The molecule has 3 aromatic carbocycles. The highest BCUT2D eigenvalue weighted by molar-refractivity contribution is 6.52. The first-order valence-electron chi connectivity index (χ1n) is 12.5. The summed E-state index contributed by atoms with van der Waals surface area (Å²) in [4.78, 5) is 28.6. The second-order valence-corrected chi connectivity index (χ2v) is 11.1. The fourth-order valence-electron chi connectivity index (χ4n) is 4.76. The van der Waals surface area contributed by atoms with Gasteiger partial charge in [-0.2, -0.15) is 0 Å². The fraction of sp³-hybridized carbons (Fsp3) is 0.290. The Bertz CT molecular complexity index is 1450. The second-order valence-electron chi connectivity index (χ2n) is 10.3. The number of carbonyl (C=O) groups excluding carboxylic acids is 2. The minimum Gasteiger partial charge on any atom is -0.507 e. The number of carbonyl (C=O) groups is 2. The van der Waals surface area contributed by atoms with E-state index in [0.29, 0.717) is 11.3 Å². The van der Waals surface area contributed by atoms with Gasteiger partial charge in [-0.25, -0.2) is 0 Å². The summed E-state index contributed by atoms with van der Waals surface area (Å²) in [5, 5.41) is 11.8. The van der Waals surface area contributed by atoms with Gasteiger partial charge >= 0.3 is 0 Å². The first-order valence-corrected chi connectivity index (χ1v) is 13.3. The number of nitrogens with zero attached hydrogens (tertiary/aromatic N) is 1. The lowest BCUT2D eigenvalue weighted by molar-refractivity contribution is -0.132. The van der Waals surface area contributed by atoms with E-state index < -0.39 is 23.5 Å². The van der Waals surface area contributed by atoms with Crippen LogP contribution in [0, 0.1) is 0 Å². The lowest BCUT2D eigenvalue weighted by atomic mass is 9.87. The molecule has 0 spiro atoms. The maximum Gasteiger partial charge on any atom is 0.300 e. The number of hydrogen-bond donors (Lipinski definition) is 1. The number of ketones is 1. The number of anilines is 1. The van der Waals surface area contributed by atoms with Crippen LogP contribution >= 0.6 is 23.2 Å². The van der Waals surface area contributed by atoms with Crippen molar-refractivity contribution in [1.29, 1.82) is 0 Å². The normalized spacial score (nSPS) is 17.0. The van der Waals surface area contributed by atoms with Gasteiger partial charge in [-0.15, -0.1) is 0 Å². The molecule has 1 heterocycles. The van der Waals surface area contributed by atoms with Crippen molar-refractivity contribution in [3.05, 3.63) is 92.5 Å². The van der Waals surface area contributed by atoms with Gasteiger partial charge in [0.25, 0.3) is 11.7 Å². The van der Waals surface area contributed by atoms with E-state index in [4.69, 9.17) is 32.7 Å². The maximum absolute atomic E-state index is 13.6. The molecule has 4 rings (SSSR count). The summed E-state index contributed by atoms with van der Waals surface area (Å²) in [5.74, 6) is -1.81. The molecule has 1 aliphatic heterocycles. The summed E-state index contributed by atoms with van der Waals surface area (Å²) in [6.45, 7) is 8.34. The Morgan fingerprint density at radius 3 is 2.05 bits per heavy atom. The summed E-state index contributed by atoms with van der Waals surface area (Å²) >= 11 is 12.8. The summed E-state index contributed by atoms with van der Waals surface area (Å²) < 4.78 is 10.7. The monoisotopic (exact) mass is 567 g/mol. The van der Waals surface area contributed by atoms with Gasteiger partial charge in [0.15, 0.2) is 11.5 Å². The van der Waals surface area contributed by atoms with Crippen LogP contribution in [0.2, 0.25) is 10.0 Å². The van der Waals surface area contributed by atoms with Gasteiger partial charge in [0.1, 0.15) is 10.8 Å². The van der Waals surface area contributed by atoms with Crippen LogP contribution in [0.1, 0.15) is 56.0 Å². The number of hydrogen-bond acceptors (Lipinski definition) is 5. The highest BCUT2D eigenvalue weighted by Crippen LogP contribution is 2.48. The van der Waals surface area contributed by atoms with E-state index in [9.17, 15) is 14.7 Å². The van der Waals surface area contributed by atoms with E-state index in [-0.39, 0.29) is 38.1 Å². The zero-order valence-electron chi connectivity index (χ0n) is 22.8. The van der Waals surface area contributed by atoms with Crippen molar-refractivity contribution in [2.45, 2.75) is 45.6 Å². The molecule has 0 aromatic heterocycles. The molecule has 8 heteroatoms. The van der Waals surface area contributed by atoms with E-state index >= 15 is 0 Å². The number of aryl methyl sites for hydroxylation is 1. The molecule has 39 heavy (non-hydrogen) atoms. The SMILES string of the molecule is CCc1ccc(C2/C(=C(\O)c3cc(Cl)c(OC)c(Cl)c3OC)C(=O)C(=O)N2c2ccc(C(C)(C)C)cc2)cc1. The van der Waals surface area contributed by atoms with Crippen LogP contribution in [0.5, 0.6) is 11.5 Å². The Kier molecular flexibility index (Phi) is 8.01. The average Bonchev–Trinajstić information content (AvgIpc) is 3.18. The standard InChI is InChI=1S/C31H31Cl2NO5/c1-7-17-8-10-18(11-9-17)25-23(26(35)21-16-22(32)29(39-6)24(33)28(21)38-5)27(36)30(37)34(25)20-14-12-19(13-15-20)31(2,3)4/h8-16,25,35H,7H2,1-6H3/b26-23+. The number of methoxy groups -OCH3 is 2. The zero-order chi connectivity index (χ0) is 28.6. The van der Waals surface area contributed by atoms with Crippen molar-refractivity contribution < 1.29 is 24.2 Å². The number of aliphatic hydroxyl groups is 1. The third-order valence-corrected chi connectivity index (χ3v) is 7.58. The van der Waals surface area contributed by atoms with Crippen LogP contribution in [0.25, 0.3) is 5.76 Å². The van der Waals surface area contributed by atoms with Crippen molar-refractivity contribution in [3.8, 4) is 11.5 Å². The van der Waals surface area contributed by atoms with Gasteiger partial charge in [0.2, 0.25) is 0 Å². The molecule has 0 bridgehead atoms. The van der Waals surface area contributed by atoms with Crippen molar-refractivity contribution in [2.75, 3.05) is 19.1 Å². The molecule has 1 fully saturated rings. The molecule has 1 atom stereocenters. The molecule has 1 saturated heterocycles. The third-order valence-electron chi connectivity index (χ3n) is 6.95. The molecular formula is C31H31Cl2NO5. The molecule has 1 aliphatic rings. The quantitative estimate of drug-likeness (QED) is 0.189. The van der Waals surface area contributed by atoms with Crippen LogP contribution < -0.4 is 14.4 Å². The highest BCUT2D eigenvalue weighted by Gasteiger charge is 2.47. The van der Waals surface area contributed by atoms with Crippen LogP contribution in [0.15, 0.2) is 60.2 Å². The number of benzene rings is 3. The minimum absolute atomic E-state index is 0.0323. The Morgan fingerprint density at radius 1 is 0.949 bits per heavy atom. The van der Waals surface area contributed by atoms with E-state index in [1.807, 2.05) is 55.5 Å². The summed E-state index contributed by atoms with van der Waals surface area (Å²) in [6, 6.07) is 15.6. The Balaban J connectivity index is 1.98. The molecule has 1 unspecified atom stereocenters. The summed E-state index contributed by atoms with van der Waals surface area (Å²) in [7, 11) is 2.78. The van der Waals surface area contributed by atoms with Crippen molar-refractivity contribution in [1.82, 2.24) is 0 Å². The molecule has 0 radical (unpaired) electrons. The van der Waals surface area contributed by atoms with Gasteiger partial charge in [0, 0.05) is 5.69 Å². The Morgan fingerprint density at radius 2 is 1.54 bits per heavy atom. The van der Waals surface area contributed by atoms with Gasteiger partial charge in [0.05, 0.1) is 36.4 Å². The van der Waals surface area contributed by atoms with Gasteiger partial charge in [-0.05, 0) is 46.7 Å². The number of Topliss-reactive ketones (excluding diaryl/α,β-unsaturated/α-hetero) is 1. The number of amides is 1. The highest BCUT2D eigenvalue weighted by atomic mass is 35.5. The van der Waals surface area contributed by atoms with Crippen molar-refractivity contribution in [2.24, 2.45) is 0 Å². The summed E-state index contributed by atoms with van der Waals surface area (Å²) in [6.07, 6.45) is 0.828. The minimum atomic E-state index is -0.902. The number of rotatable bonds is 6. The molecule has 204 valence electrons. The summed E-state index contributed by atoms with van der Waals surface area (Å²) in [5.41, 5.74) is 3.26. The second kappa shape index (κ2) is 10.9. The largest absolute Gasteiger partial charge is 0.507 e. The molecular weight excluding hydrogens is 537 g/mol. The van der Waals surface area contributed by atoms with E-state index in [1.54, 1.807) is 0 Å². The number of halogens is 2. The first kappa shape index (κ1) is 28.5. The van der Waals surface area contributed by atoms with Crippen molar-refractivity contribution in [3.63, 3.8) is 0 Å². The fourth-order valence-corrected chi connectivity index (χ4v) is 5.45. The molecule has 0 saturated carbocycles. The van der Waals surface area contributed by atoms with Crippen LogP contribution in [-0.2, 0) is 21.4 Å². The number of ether oxygens (including phenoxy) is 2. The molecule has 1 amide bonds. The number of aliphatic hydroxyl groups excluding tert-OH is 1. The predicted octanol–water partition coefficient (Wildman–Crippen LogP) is 7.50. The van der Waals surface area contributed by atoms with E-state index in [2.05, 4.69) is 20.8 Å². The topological polar surface area (TPSA) is 76.1 Å². The van der Waals surface area contributed by atoms with Crippen molar-refractivity contribution >= 4 is 46.3 Å². The average molecular weight is 568 g/mol. The lowest BCUT2D eigenvalue weighted by Gasteiger charge is -2.27.